The van der Waals surface area contributed by atoms with Crippen LogP contribution in [0.1, 0.15) is 20.8 Å². The smallest absolute Gasteiger partial charge is 0.409 e. The van der Waals surface area contributed by atoms with Crippen molar-refractivity contribution >= 4 is 22.0 Å². The molecule has 2 rings (SSSR count). The zero-order valence-electron chi connectivity index (χ0n) is 16.2. The van der Waals surface area contributed by atoms with E-state index in [-0.39, 0.29) is 24.5 Å². The van der Waals surface area contributed by atoms with Gasteiger partial charge in [-0.25, -0.2) is 18.7 Å². The average Bonchev–Trinajstić information content (AvgIpc) is 2.65. The number of nitrogens with zero attached hydrogens (tertiary/aromatic N) is 2. The molecule has 1 heterocycles. The number of rotatable bonds is 4. The number of carbonyl (C=O) groups excluding carboxylic acids is 2. The normalized spacial score (nSPS) is 18.5. The minimum Gasteiger partial charge on any atom is -0.488 e. The van der Waals surface area contributed by atoms with E-state index in [2.05, 4.69) is 4.74 Å². The van der Waals surface area contributed by atoms with Crippen molar-refractivity contribution < 1.29 is 32.7 Å². The van der Waals surface area contributed by atoms with Gasteiger partial charge in [-0.1, -0.05) is 0 Å². The van der Waals surface area contributed by atoms with Gasteiger partial charge in [0.15, 0.2) is 0 Å². The van der Waals surface area contributed by atoms with Crippen molar-refractivity contribution in [2.75, 3.05) is 26.7 Å². The van der Waals surface area contributed by atoms with Crippen LogP contribution in [0.5, 0.6) is 5.75 Å². The lowest BCUT2D eigenvalue weighted by Crippen LogP contribution is -2.61. The number of methoxy groups -OCH3 is 1. The quantitative estimate of drug-likeness (QED) is 0.551. The molecule has 0 saturated carbocycles. The van der Waals surface area contributed by atoms with Crippen LogP contribution in [0.3, 0.4) is 0 Å². The highest BCUT2D eigenvalue weighted by molar-refractivity contribution is 7.89. The Bertz CT molecular complexity index is 818. The number of nitrogens with one attached hydrogen (secondary N) is 1. The monoisotopic (exact) mass is 415 g/mol. The number of hydrogen-bond acceptors (Lipinski definition) is 7. The van der Waals surface area contributed by atoms with Gasteiger partial charge in [-0.15, -0.1) is 0 Å². The fraction of sp³-hybridized carbons (Fsp3) is 0.529. The molecule has 1 aromatic carbocycles. The highest BCUT2D eigenvalue weighted by atomic mass is 32.2. The van der Waals surface area contributed by atoms with Crippen molar-refractivity contribution in [2.24, 2.45) is 0 Å². The van der Waals surface area contributed by atoms with Crippen LogP contribution in [-0.2, 0) is 19.6 Å². The molecule has 0 spiro atoms. The third-order valence-corrected chi connectivity index (χ3v) is 5.95. The average molecular weight is 415 g/mol. The Kier molecular flexibility index (Phi) is 6.52. The minimum atomic E-state index is -4.06. The molecule has 1 aliphatic heterocycles. The highest BCUT2D eigenvalue weighted by Gasteiger charge is 2.41. The van der Waals surface area contributed by atoms with Crippen molar-refractivity contribution in [3.8, 4) is 5.75 Å². The van der Waals surface area contributed by atoms with E-state index in [1.807, 2.05) is 20.8 Å². The van der Waals surface area contributed by atoms with E-state index in [1.165, 1.54) is 41.8 Å². The van der Waals surface area contributed by atoms with Crippen molar-refractivity contribution in [2.45, 2.75) is 37.3 Å². The van der Waals surface area contributed by atoms with Gasteiger partial charge < -0.3 is 14.4 Å². The van der Waals surface area contributed by atoms with Gasteiger partial charge in [-0.2, -0.15) is 4.31 Å². The standard InChI is InChI=1S/C17H25N3O7S/c1-17(2,3)27-12-5-7-13(8-6-12)28(24,25)20-10-9-19(16(22)26-4)11-14(20)15(21)18-23/h5-8,14,23H,9-11H2,1-4H3,(H,18,21). The number of hydroxylamine groups is 1. The van der Waals surface area contributed by atoms with Gasteiger partial charge in [0.2, 0.25) is 10.0 Å². The molecule has 1 fully saturated rings. The lowest BCUT2D eigenvalue weighted by Gasteiger charge is -2.38. The molecular weight excluding hydrogens is 390 g/mol. The van der Waals surface area contributed by atoms with E-state index in [1.54, 1.807) is 0 Å². The van der Waals surface area contributed by atoms with Gasteiger partial charge in [0.1, 0.15) is 17.4 Å². The number of sulfonamides is 1. The first-order valence-electron chi connectivity index (χ1n) is 8.57. The summed E-state index contributed by atoms with van der Waals surface area (Å²) in [4.78, 5) is 25.0. The Hall–Kier alpha value is -2.37. The van der Waals surface area contributed by atoms with Crippen LogP contribution in [0.15, 0.2) is 29.2 Å². The van der Waals surface area contributed by atoms with Crippen molar-refractivity contribution in [1.29, 1.82) is 0 Å². The van der Waals surface area contributed by atoms with Crippen LogP contribution in [0.2, 0.25) is 0 Å². The van der Waals surface area contributed by atoms with E-state index < -0.39 is 33.7 Å². The zero-order chi connectivity index (χ0) is 21.1. The van der Waals surface area contributed by atoms with Crippen molar-refractivity contribution in [1.82, 2.24) is 14.7 Å². The van der Waals surface area contributed by atoms with E-state index in [4.69, 9.17) is 9.94 Å². The molecule has 28 heavy (non-hydrogen) atoms. The fourth-order valence-electron chi connectivity index (χ4n) is 2.81. The Balaban J connectivity index is 2.29. The number of benzene rings is 1. The summed E-state index contributed by atoms with van der Waals surface area (Å²) in [5.74, 6) is -0.434. The van der Waals surface area contributed by atoms with Crippen molar-refractivity contribution in [3.63, 3.8) is 0 Å². The lowest BCUT2D eigenvalue weighted by molar-refractivity contribution is -0.134. The van der Waals surface area contributed by atoms with Gasteiger partial charge in [0, 0.05) is 19.6 Å². The molecule has 1 saturated heterocycles. The lowest BCUT2D eigenvalue weighted by atomic mass is 10.2. The molecule has 0 aliphatic carbocycles. The minimum absolute atomic E-state index is 0.0315. The van der Waals surface area contributed by atoms with E-state index >= 15 is 0 Å². The molecule has 1 atom stereocenters. The zero-order valence-corrected chi connectivity index (χ0v) is 17.0. The summed E-state index contributed by atoms with van der Waals surface area (Å²) in [5.41, 5.74) is 1.02. The highest BCUT2D eigenvalue weighted by Crippen LogP contribution is 2.25. The van der Waals surface area contributed by atoms with Crippen LogP contribution < -0.4 is 10.2 Å². The summed E-state index contributed by atoms with van der Waals surface area (Å²) in [6, 6.07) is 4.54. The van der Waals surface area contributed by atoms with Crippen LogP contribution >= 0.6 is 0 Å². The number of hydrogen-bond donors (Lipinski definition) is 2. The Morgan fingerprint density at radius 1 is 1.18 bits per heavy atom. The summed E-state index contributed by atoms with van der Waals surface area (Å²) in [7, 11) is -2.87. The number of ether oxygens (including phenoxy) is 2. The van der Waals surface area contributed by atoms with Crippen LogP contribution in [0, 0.1) is 0 Å². The molecule has 0 bridgehead atoms. The second-order valence-electron chi connectivity index (χ2n) is 7.21. The molecule has 1 aromatic rings. The molecule has 11 heteroatoms. The Morgan fingerprint density at radius 3 is 2.29 bits per heavy atom. The van der Waals surface area contributed by atoms with Gasteiger partial charge in [0.25, 0.3) is 5.91 Å². The van der Waals surface area contributed by atoms with Crippen molar-refractivity contribution in [3.05, 3.63) is 24.3 Å². The largest absolute Gasteiger partial charge is 0.488 e. The van der Waals surface area contributed by atoms with Gasteiger partial charge in [-0.05, 0) is 45.0 Å². The Morgan fingerprint density at radius 2 is 1.79 bits per heavy atom. The summed E-state index contributed by atoms with van der Waals surface area (Å²) in [5, 5.41) is 9.00. The molecule has 10 nitrogen and oxygen atoms in total. The van der Waals surface area contributed by atoms with Gasteiger partial charge >= 0.3 is 6.09 Å². The summed E-state index contributed by atoms with van der Waals surface area (Å²) < 4.78 is 37.4. The van der Waals surface area contributed by atoms with Gasteiger partial charge in [0.05, 0.1) is 12.0 Å². The molecule has 2 N–H and O–H groups in total. The topological polar surface area (TPSA) is 125 Å². The molecule has 1 aliphatic rings. The maximum absolute atomic E-state index is 13.0. The molecule has 156 valence electrons. The summed E-state index contributed by atoms with van der Waals surface area (Å²) in [6.45, 7) is 5.29. The first kappa shape index (κ1) is 21.9. The SMILES string of the molecule is COC(=O)N1CCN(S(=O)(=O)c2ccc(OC(C)(C)C)cc2)C(C(=O)NO)C1. The third-order valence-electron chi connectivity index (χ3n) is 4.03. The predicted molar refractivity (Wildman–Crippen MR) is 98.4 cm³/mol. The first-order valence-corrected chi connectivity index (χ1v) is 10.0. The molecule has 0 radical (unpaired) electrons. The third kappa shape index (κ3) is 4.91. The van der Waals surface area contributed by atoms with Crippen LogP contribution in [0.25, 0.3) is 0 Å². The second kappa shape index (κ2) is 8.33. The maximum Gasteiger partial charge on any atom is 0.409 e. The van der Waals surface area contributed by atoms with Crippen LogP contribution in [-0.4, -0.2) is 73.2 Å². The summed E-state index contributed by atoms with van der Waals surface area (Å²) in [6.07, 6.45) is -0.684. The predicted octanol–water partition coefficient (Wildman–Crippen LogP) is 0.811. The van der Waals surface area contributed by atoms with E-state index in [9.17, 15) is 18.0 Å². The van der Waals surface area contributed by atoms with Gasteiger partial charge in [-0.3, -0.25) is 10.0 Å². The Labute approximate surface area is 164 Å². The number of carbonyl (C=O) groups is 2. The maximum atomic E-state index is 13.0. The molecule has 0 aromatic heterocycles. The number of amides is 2. The number of piperazine rings is 1. The second-order valence-corrected chi connectivity index (χ2v) is 9.10. The van der Waals surface area contributed by atoms with Crippen LogP contribution in [0.4, 0.5) is 4.79 Å². The summed E-state index contributed by atoms with van der Waals surface area (Å²) >= 11 is 0. The fourth-order valence-corrected chi connectivity index (χ4v) is 4.38. The first-order chi connectivity index (χ1) is 13.0. The molecule has 2 amide bonds. The van der Waals surface area contributed by atoms with E-state index in [0.717, 1.165) is 4.31 Å². The molecule has 1 unspecified atom stereocenters. The molecular formula is C17H25N3O7S. The van der Waals surface area contributed by atoms with E-state index in [0.29, 0.717) is 5.75 Å².